The molecule has 3 rings (SSSR count). The summed E-state index contributed by atoms with van der Waals surface area (Å²) in [6.07, 6.45) is 5.99. The van der Waals surface area contributed by atoms with Crippen LogP contribution in [-0.4, -0.2) is 12.8 Å². The molecule has 1 aliphatic rings. The standard InChI is InChI=1S/C20H23NOS/c1-22-18-12-10-17(11-13-18)20(14-6-3-7-15-20)19(21-23)16-8-4-2-5-9-16/h2,4-5,8-13,23H,3,6-7,14-15H2,1H3/b21-19+. The summed E-state index contributed by atoms with van der Waals surface area (Å²) in [6.45, 7) is 0. The quantitative estimate of drug-likeness (QED) is 0.603. The Morgan fingerprint density at radius 3 is 2.17 bits per heavy atom. The highest BCUT2D eigenvalue weighted by Crippen LogP contribution is 2.43. The van der Waals surface area contributed by atoms with Gasteiger partial charge in [-0.1, -0.05) is 61.7 Å². The van der Waals surface area contributed by atoms with Crippen LogP contribution in [0.5, 0.6) is 5.75 Å². The van der Waals surface area contributed by atoms with Crippen molar-refractivity contribution in [2.75, 3.05) is 7.11 Å². The number of hydrogen-bond acceptors (Lipinski definition) is 3. The van der Waals surface area contributed by atoms with Crippen LogP contribution in [0.1, 0.15) is 43.2 Å². The first kappa shape index (κ1) is 16.1. The lowest BCUT2D eigenvalue weighted by Crippen LogP contribution is -2.38. The Kier molecular flexibility index (Phi) is 5.06. The molecule has 2 nitrogen and oxygen atoms in total. The number of hydrogen-bond donors (Lipinski definition) is 1. The second kappa shape index (κ2) is 7.22. The summed E-state index contributed by atoms with van der Waals surface area (Å²) in [5.41, 5.74) is 3.52. The molecule has 0 spiro atoms. The molecule has 0 saturated heterocycles. The molecule has 0 aromatic heterocycles. The molecule has 0 aliphatic heterocycles. The summed E-state index contributed by atoms with van der Waals surface area (Å²) in [4.78, 5) is 0. The van der Waals surface area contributed by atoms with E-state index in [-0.39, 0.29) is 5.41 Å². The maximum absolute atomic E-state index is 5.32. The van der Waals surface area contributed by atoms with Gasteiger partial charge >= 0.3 is 0 Å². The van der Waals surface area contributed by atoms with Crippen molar-refractivity contribution in [3.8, 4) is 5.75 Å². The van der Waals surface area contributed by atoms with Crippen LogP contribution in [0.15, 0.2) is 59.0 Å². The summed E-state index contributed by atoms with van der Waals surface area (Å²) in [5, 5.41) is 0. The van der Waals surface area contributed by atoms with E-state index in [1.807, 2.05) is 18.2 Å². The lowest BCUT2D eigenvalue weighted by atomic mass is 9.65. The topological polar surface area (TPSA) is 21.6 Å². The van der Waals surface area contributed by atoms with Gasteiger partial charge in [-0.15, -0.1) is 0 Å². The molecule has 3 heteroatoms. The van der Waals surface area contributed by atoms with Crippen molar-refractivity contribution in [2.24, 2.45) is 4.40 Å². The Morgan fingerprint density at radius 1 is 0.957 bits per heavy atom. The molecular formula is C20H23NOS. The van der Waals surface area contributed by atoms with Gasteiger partial charge in [0.05, 0.1) is 12.8 Å². The molecule has 1 saturated carbocycles. The Hall–Kier alpha value is -1.74. The Balaban J connectivity index is 2.08. The summed E-state index contributed by atoms with van der Waals surface area (Å²) < 4.78 is 9.77. The van der Waals surface area contributed by atoms with Gasteiger partial charge in [-0.05, 0) is 48.9 Å². The number of ether oxygens (including phenoxy) is 1. The fraction of sp³-hybridized carbons (Fsp3) is 0.350. The first-order valence-electron chi connectivity index (χ1n) is 8.23. The Bertz CT molecular complexity index is 658. The van der Waals surface area contributed by atoms with Gasteiger partial charge in [0.15, 0.2) is 0 Å². The molecule has 0 atom stereocenters. The number of benzene rings is 2. The van der Waals surface area contributed by atoms with E-state index < -0.39 is 0 Å². The van der Waals surface area contributed by atoms with Gasteiger partial charge in [-0.25, -0.2) is 4.40 Å². The van der Waals surface area contributed by atoms with Gasteiger partial charge in [0, 0.05) is 5.41 Å². The van der Waals surface area contributed by atoms with E-state index in [0.717, 1.165) is 24.3 Å². The van der Waals surface area contributed by atoms with Crippen LogP contribution < -0.4 is 4.74 Å². The Labute approximate surface area is 144 Å². The van der Waals surface area contributed by atoms with Gasteiger partial charge in [0.25, 0.3) is 0 Å². The van der Waals surface area contributed by atoms with Crippen LogP contribution in [0.2, 0.25) is 0 Å². The predicted molar refractivity (Wildman–Crippen MR) is 99.7 cm³/mol. The van der Waals surface area contributed by atoms with Crippen molar-refractivity contribution in [3.05, 3.63) is 65.7 Å². The summed E-state index contributed by atoms with van der Waals surface area (Å²) >= 11 is 4.34. The molecule has 0 heterocycles. The second-order valence-electron chi connectivity index (χ2n) is 6.19. The fourth-order valence-corrected chi connectivity index (χ4v) is 4.06. The van der Waals surface area contributed by atoms with Crippen LogP contribution in [0.25, 0.3) is 0 Å². The molecule has 0 unspecified atom stereocenters. The normalized spacial score (nSPS) is 17.7. The fourth-order valence-electron chi connectivity index (χ4n) is 3.75. The SMILES string of the molecule is COc1ccc(C2(/C(=N/S)c3ccccc3)CCCCC2)cc1. The average Bonchev–Trinajstić information content (AvgIpc) is 2.64. The molecule has 23 heavy (non-hydrogen) atoms. The van der Waals surface area contributed by atoms with E-state index in [1.165, 1.54) is 30.4 Å². The van der Waals surface area contributed by atoms with Crippen LogP contribution in [0.3, 0.4) is 0 Å². The lowest BCUT2D eigenvalue weighted by molar-refractivity contribution is 0.379. The van der Waals surface area contributed by atoms with Crippen molar-refractivity contribution >= 4 is 18.5 Å². The van der Waals surface area contributed by atoms with E-state index in [2.05, 4.69) is 53.6 Å². The Morgan fingerprint density at radius 2 is 1.61 bits per heavy atom. The first-order valence-corrected chi connectivity index (χ1v) is 8.63. The molecule has 2 aromatic carbocycles. The van der Waals surface area contributed by atoms with Crippen molar-refractivity contribution in [1.29, 1.82) is 0 Å². The highest BCUT2D eigenvalue weighted by molar-refractivity contribution is 7.79. The molecule has 1 fully saturated rings. The third-order valence-electron chi connectivity index (χ3n) is 4.95. The molecule has 0 bridgehead atoms. The zero-order chi connectivity index (χ0) is 16.1. The molecule has 0 N–H and O–H groups in total. The molecule has 0 radical (unpaired) electrons. The average molecular weight is 325 g/mol. The van der Waals surface area contributed by atoms with Crippen LogP contribution in [-0.2, 0) is 5.41 Å². The van der Waals surface area contributed by atoms with Gasteiger partial charge in [0.2, 0.25) is 0 Å². The van der Waals surface area contributed by atoms with E-state index in [1.54, 1.807) is 7.11 Å². The summed E-state index contributed by atoms with van der Waals surface area (Å²) in [7, 11) is 1.70. The largest absolute Gasteiger partial charge is 0.497 e. The van der Waals surface area contributed by atoms with Gasteiger partial charge in [-0.3, -0.25) is 0 Å². The third kappa shape index (κ3) is 3.16. The predicted octanol–water partition coefficient (Wildman–Crippen LogP) is 5.23. The number of nitrogens with zero attached hydrogens (tertiary/aromatic N) is 1. The summed E-state index contributed by atoms with van der Waals surface area (Å²) in [5.74, 6) is 0.892. The zero-order valence-corrected chi connectivity index (χ0v) is 14.4. The van der Waals surface area contributed by atoms with Crippen molar-refractivity contribution in [1.82, 2.24) is 0 Å². The van der Waals surface area contributed by atoms with Crippen LogP contribution >= 0.6 is 12.8 Å². The highest BCUT2D eigenvalue weighted by atomic mass is 32.1. The van der Waals surface area contributed by atoms with Crippen molar-refractivity contribution < 1.29 is 4.74 Å². The number of rotatable bonds is 4. The minimum atomic E-state index is -0.0480. The second-order valence-corrected chi connectivity index (χ2v) is 6.39. The van der Waals surface area contributed by atoms with Gasteiger partial charge in [-0.2, -0.15) is 0 Å². The smallest absolute Gasteiger partial charge is 0.118 e. The third-order valence-corrected chi connectivity index (χ3v) is 5.15. The molecule has 0 amide bonds. The van der Waals surface area contributed by atoms with Crippen molar-refractivity contribution in [2.45, 2.75) is 37.5 Å². The highest BCUT2D eigenvalue weighted by Gasteiger charge is 2.39. The lowest BCUT2D eigenvalue weighted by Gasteiger charge is -2.39. The van der Waals surface area contributed by atoms with E-state index >= 15 is 0 Å². The first-order chi connectivity index (χ1) is 11.3. The number of methoxy groups -OCH3 is 1. The molecule has 2 aromatic rings. The molecule has 120 valence electrons. The minimum absolute atomic E-state index is 0.0480. The van der Waals surface area contributed by atoms with Gasteiger partial charge < -0.3 is 4.74 Å². The minimum Gasteiger partial charge on any atom is -0.497 e. The number of thiol groups is 1. The van der Waals surface area contributed by atoms with Gasteiger partial charge in [0.1, 0.15) is 5.75 Å². The van der Waals surface area contributed by atoms with E-state index in [4.69, 9.17) is 4.74 Å². The maximum Gasteiger partial charge on any atom is 0.118 e. The maximum atomic E-state index is 5.32. The van der Waals surface area contributed by atoms with E-state index in [9.17, 15) is 0 Å². The molecular weight excluding hydrogens is 302 g/mol. The van der Waals surface area contributed by atoms with Crippen LogP contribution in [0.4, 0.5) is 0 Å². The molecule has 1 aliphatic carbocycles. The summed E-state index contributed by atoms with van der Waals surface area (Å²) in [6, 6.07) is 18.9. The monoisotopic (exact) mass is 325 g/mol. The van der Waals surface area contributed by atoms with Crippen molar-refractivity contribution in [3.63, 3.8) is 0 Å². The van der Waals surface area contributed by atoms with E-state index in [0.29, 0.717) is 0 Å². The zero-order valence-electron chi connectivity index (χ0n) is 13.5. The van der Waals surface area contributed by atoms with Crippen LogP contribution in [0, 0.1) is 0 Å².